The van der Waals surface area contributed by atoms with Crippen LogP contribution in [0.5, 0.6) is 0 Å². The van der Waals surface area contributed by atoms with Crippen LogP contribution in [0.15, 0.2) is 0 Å². The molecule has 14 heavy (non-hydrogen) atoms. The minimum absolute atomic E-state index is 0.228. The van der Waals surface area contributed by atoms with Gasteiger partial charge in [0.25, 0.3) is 0 Å². The molecule has 0 spiro atoms. The van der Waals surface area contributed by atoms with Gasteiger partial charge < -0.3 is 14.8 Å². The van der Waals surface area contributed by atoms with E-state index in [1.165, 1.54) is 0 Å². The zero-order valence-electron chi connectivity index (χ0n) is 8.79. The second-order valence-corrected chi connectivity index (χ2v) is 3.59. The van der Waals surface area contributed by atoms with Crippen LogP contribution < -0.4 is 5.32 Å². The van der Waals surface area contributed by atoms with Crippen molar-refractivity contribution in [2.75, 3.05) is 26.3 Å². The standard InChI is InChI=1S/C11H19NO2/c1-3-6-12-9-10(2)14-11-4-7-13-8-5-11/h1,10-12H,4-9H2,2H3. The van der Waals surface area contributed by atoms with Crippen molar-refractivity contribution in [2.45, 2.75) is 32.0 Å². The largest absolute Gasteiger partial charge is 0.381 e. The van der Waals surface area contributed by atoms with Gasteiger partial charge in [-0.2, -0.15) is 0 Å². The number of rotatable bonds is 5. The lowest BCUT2D eigenvalue weighted by atomic mass is 10.1. The van der Waals surface area contributed by atoms with Crippen molar-refractivity contribution in [1.29, 1.82) is 0 Å². The van der Waals surface area contributed by atoms with Crippen molar-refractivity contribution < 1.29 is 9.47 Å². The molecule has 0 aromatic carbocycles. The molecular weight excluding hydrogens is 178 g/mol. The van der Waals surface area contributed by atoms with Crippen LogP contribution in [0, 0.1) is 12.3 Å². The van der Waals surface area contributed by atoms with Crippen LogP contribution in [0.4, 0.5) is 0 Å². The molecule has 0 bridgehead atoms. The summed E-state index contributed by atoms with van der Waals surface area (Å²) in [7, 11) is 0. The van der Waals surface area contributed by atoms with E-state index >= 15 is 0 Å². The van der Waals surface area contributed by atoms with E-state index in [1.807, 2.05) is 0 Å². The maximum Gasteiger partial charge on any atom is 0.0675 e. The van der Waals surface area contributed by atoms with Crippen LogP contribution in [0.25, 0.3) is 0 Å². The topological polar surface area (TPSA) is 30.5 Å². The van der Waals surface area contributed by atoms with Crippen molar-refractivity contribution in [2.24, 2.45) is 0 Å². The third-order valence-corrected chi connectivity index (χ3v) is 2.25. The van der Waals surface area contributed by atoms with Crippen molar-refractivity contribution in [3.8, 4) is 12.3 Å². The van der Waals surface area contributed by atoms with E-state index < -0.39 is 0 Å². The maximum absolute atomic E-state index is 5.83. The highest BCUT2D eigenvalue weighted by Gasteiger charge is 2.16. The normalized spacial score (nSPS) is 20.3. The monoisotopic (exact) mass is 197 g/mol. The van der Waals surface area contributed by atoms with Crippen LogP contribution >= 0.6 is 0 Å². The highest BCUT2D eigenvalue weighted by Crippen LogP contribution is 2.12. The second-order valence-electron chi connectivity index (χ2n) is 3.59. The van der Waals surface area contributed by atoms with Crippen LogP contribution in [0.1, 0.15) is 19.8 Å². The van der Waals surface area contributed by atoms with E-state index in [-0.39, 0.29) is 6.10 Å². The molecule has 1 unspecified atom stereocenters. The summed E-state index contributed by atoms with van der Waals surface area (Å²) >= 11 is 0. The Labute approximate surface area is 86.2 Å². The molecule has 0 radical (unpaired) electrons. The minimum Gasteiger partial charge on any atom is -0.381 e. The molecule has 1 aliphatic heterocycles. The molecule has 1 rings (SSSR count). The highest BCUT2D eigenvalue weighted by molar-refractivity contribution is 4.86. The zero-order valence-corrected chi connectivity index (χ0v) is 8.79. The van der Waals surface area contributed by atoms with E-state index in [4.69, 9.17) is 15.9 Å². The number of nitrogens with one attached hydrogen (secondary N) is 1. The predicted molar refractivity (Wildman–Crippen MR) is 56.1 cm³/mol. The summed E-state index contributed by atoms with van der Waals surface area (Å²) in [4.78, 5) is 0. The first-order valence-corrected chi connectivity index (χ1v) is 5.20. The van der Waals surface area contributed by atoms with E-state index in [2.05, 4.69) is 18.2 Å². The maximum atomic E-state index is 5.83. The van der Waals surface area contributed by atoms with Gasteiger partial charge in [0, 0.05) is 19.8 Å². The van der Waals surface area contributed by atoms with Gasteiger partial charge in [-0.1, -0.05) is 5.92 Å². The fourth-order valence-corrected chi connectivity index (χ4v) is 1.54. The molecule has 1 saturated heterocycles. The molecule has 0 aromatic heterocycles. The lowest BCUT2D eigenvalue weighted by Gasteiger charge is -2.25. The highest BCUT2D eigenvalue weighted by atomic mass is 16.5. The molecule has 0 aliphatic carbocycles. The second kappa shape index (κ2) is 6.83. The number of ether oxygens (including phenoxy) is 2. The number of hydrogen-bond donors (Lipinski definition) is 1. The van der Waals surface area contributed by atoms with Gasteiger partial charge in [-0.15, -0.1) is 6.42 Å². The van der Waals surface area contributed by atoms with Gasteiger partial charge in [-0.3, -0.25) is 0 Å². The SMILES string of the molecule is C#CCNCC(C)OC1CCOCC1. The van der Waals surface area contributed by atoms with Gasteiger partial charge in [0.1, 0.15) is 0 Å². The Balaban J connectivity index is 2.06. The Morgan fingerprint density at radius 1 is 1.57 bits per heavy atom. The average Bonchev–Trinajstić information content (AvgIpc) is 2.20. The molecule has 1 heterocycles. The summed E-state index contributed by atoms with van der Waals surface area (Å²) in [6.07, 6.45) is 7.75. The van der Waals surface area contributed by atoms with Crippen molar-refractivity contribution in [1.82, 2.24) is 5.32 Å². The van der Waals surface area contributed by atoms with E-state index in [0.717, 1.165) is 32.6 Å². The van der Waals surface area contributed by atoms with Crippen molar-refractivity contribution >= 4 is 0 Å². The third kappa shape index (κ3) is 4.61. The summed E-state index contributed by atoms with van der Waals surface area (Å²) in [5.74, 6) is 2.54. The Morgan fingerprint density at radius 3 is 2.93 bits per heavy atom. The zero-order chi connectivity index (χ0) is 10.2. The number of terminal acetylenes is 1. The van der Waals surface area contributed by atoms with Crippen LogP contribution in [0.3, 0.4) is 0 Å². The molecular formula is C11H19NO2. The first-order chi connectivity index (χ1) is 6.83. The first kappa shape index (κ1) is 11.5. The van der Waals surface area contributed by atoms with Gasteiger partial charge in [-0.25, -0.2) is 0 Å². The quantitative estimate of drug-likeness (QED) is 0.522. The molecule has 0 saturated carbocycles. The van der Waals surface area contributed by atoms with Gasteiger partial charge in [0.05, 0.1) is 18.8 Å². The van der Waals surface area contributed by atoms with Crippen LogP contribution in [-0.2, 0) is 9.47 Å². The van der Waals surface area contributed by atoms with Gasteiger partial charge >= 0.3 is 0 Å². The number of hydrogen-bond acceptors (Lipinski definition) is 3. The Bertz CT molecular complexity index is 182. The fraction of sp³-hybridized carbons (Fsp3) is 0.818. The van der Waals surface area contributed by atoms with Crippen LogP contribution in [-0.4, -0.2) is 38.5 Å². The van der Waals surface area contributed by atoms with Gasteiger partial charge in [-0.05, 0) is 19.8 Å². The smallest absolute Gasteiger partial charge is 0.0675 e. The Morgan fingerprint density at radius 2 is 2.29 bits per heavy atom. The molecule has 3 nitrogen and oxygen atoms in total. The summed E-state index contributed by atoms with van der Waals surface area (Å²) in [6, 6.07) is 0. The van der Waals surface area contributed by atoms with E-state index in [1.54, 1.807) is 0 Å². The lowest BCUT2D eigenvalue weighted by molar-refractivity contribution is -0.0610. The molecule has 3 heteroatoms. The molecule has 0 aromatic rings. The average molecular weight is 197 g/mol. The van der Waals surface area contributed by atoms with Crippen LogP contribution in [0.2, 0.25) is 0 Å². The Kier molecular flexibility index (Phi) is 5.62. The summed E-state index contributed by atoms with van der Waals surface area (Å²) in [5, 5.41) is 3.13. The van der Waals surface area contributed by atoms with Gasteiger partial charge in [0.2, 0.25) is 0 Å². The molecule has 1 aliphatic rings. The first-order valence-electron chi connectivity index (χ1n) is 5.20. The molecule has 1 atom stereocenters. The predicted octanol–water partition coefficient (Wildman–Crippen LogP) is 0.793. The summed E-state index contributed by atoms with van der Waals surface area (Å²) in [5.41, 5.74) is 0. The lowest BCUT2D eigenvalue weighted by Crippen LogP contribution is -2.33. The Hall–Kier alpha value is -0.560. The minimum atomic E-state index is 0.228. The summed E-state index contributed by atoms with van der Waals surface area (Å²) in [6.45, 7) is 5.16. The summed E-state index contributed by atoms with van der Waals surface area (Å²) < 4.78 is 11.1. The third-order valence-electron chi connectivity index (χ3n) is 2.25. The van der Waals surface area contributed by atoms with Crippen molar-refractivity contribution in [3.05, 3.63) is 0 Å². The molecule has 80 valence electrons. The molecule has 0 amide bonds. The fourth-order valence-electron chi connectivity index (χ4n) is 1.54. The van der Waals surface area contributed by atoms with Gasteiger partial charge in [0.15, 0.2) is 0 Å². The van der Waals surface area contributed by atoms with E-state index in [9.17, 15) is 0 Å². The van der Waals surface area contributed by atoms with Crippen molar-refractivity contribution in [3.63, 3.8) is 0 Å². The molecule has 1 fully saturated rings. The molecule has 1 N–H and O–H groups in total. The van der Waals surface area contributed by atoms with E-state index in [0.29, 0.717) is 12.6 Å².